The number of hydrogen-bond donors (Lipinski definition) is 4. The molecule has 5 N–H and O–H groups in total. The molecule has 0 aliphatic rings. The molecule has 1 unspecified atom stereocenters. The van der Waals surface area contributed by atoms with Gasteiger partial charge in [0.1, 0.15) is 17.9 Å². The molecule has 45 heavy (non-hydrogen) atoms. The van der Waals surface area contributed by atoms with E-state index in [4.69, 9.17) is 39.6 Å². The quantitative estimate of drug-likeness (QED) is 0.0647. The third kappa shape index (κ3) is 11.0. The lowest BCUT2D eigenvalue weighted by atomic mass is 9.93. The lowest BCUT2D eigenvalue weighted by Gasteiger charge is -2.15. The fourth-order valence-corrected chi connectivity index (χ4v) is 5.15. The number of nitrogens with two attached hydrogens (primary N) is 1. The fraction of sp³-hybridized carbons (Fsp3) is 0.406. The van der Waals surface area contributed by atoms with E-state index in [1.807, 2.05) is 48.7 Å². The number of anilines is 1. The summed E-state index contributed by atoms with van der Waals surface area (Å²) in [7, 11) is -4.02. The minimum atomic E-state index is -4.02. The molecule has 0 bridgehead atoms. The van der Waals surface area contributed by atoms with Crippen LogP contribution in [-0.2, 0) is 36.4 Å². The molecule has 0 spiro atoms. The van der Waals surface area contributed by atoms with Crippen LogP contribution >= 0.6 is 7.60 Å². The van der Waals surface area contributed by atoms with Crippen LogP contribution in [0.5, 0.6) is 5.75 Å². The molecule has 0 amide bonds. The highest BCUT2D eigenvalue weighted by atomic mass is 31.2. The van der Waals surface area contributed by atoms with Gasteiger partial charge in [0.2, 0.25) is 0 Å². The molecule has 0 aliphatic heterocycles. The molecule has 12 nitrogen and oxygen atoms in total. The molecule has 4 aromatic rings. The second-order valence-corrected chi connectivity index (χ2v) is 12.5. The summed E-state index contributed by atoms with van der Waals surface area (Å²) in [6.45, 7) is 4.34. The topological polar surface area (TPSA) is 184 Å². The Balaban J connectivity index is 1.21. The first-order valence-corrected chi connectivity index (χ1v) is 16.6. The van der Waals surface area contributed by atoms with Crippen LogP contribution in [0.15, 0.2) is 54.7 Å². The zero-order valence-electron chi connectivity index (χ0n) is 25.3. The number of aromatic nitrogens is 2. The van der Waals surface area contributed by atoms with E-state index in [0.29, 0.717) is 50.8 Å². The van der Waals surface area contributed by atoms with Crippen molar-refractivity contribution in [2.75, 3.05) is 58.1 Å². The largest absolute Gasteiger partial charge is 0.491 e. The first kappa shape index (κ1) is 34.2. The summed E-state index contributed by atoms with van der Waals surface area (Å²) in [4.78, 5) is 37.7. The van der Waals surface area contributed by atoms with Crippen molar-refractivity contribution in [1.29, 1.82) is 0 Å². The van der Waals surface area contributed by atoms with Crippen molar-refractivity contribution in [3.05, 3.63) is 71.4 Å². The van der Waals surface area contributed by atoms with Gasteiger partial charge < -0.3 is 39.6 Å². The number of carboxylic acids is 1. The van der Waals surface area contributed by atoms with E-state index in [9.17, 15) is 9.36 Å². The van der Waals surface area contributed by atoms with Crippen molar-refractivity contribution in [3.63, 3.8) is 0 Å². The third-order valence-electron chi connectivity index (χ3n) is 7.17. The van der Waals surface area contributed by atoms with Gasteiger partial charge in [0, 0.05) is 23.4 Å². The number of ether oxygens (including phenoxy) is 4. The first-order valence-electron chi connectivity index (χ1n) is 14.8. The Hall–Kier alpha value is -3.64. The molecule has 2 heterocycles. The van der Waals surface area contributed by atoms with E-state index in [1.165, 1.54) is 0 Å². The fourth-order valence-electron chi connectivity index (χ4n) is 4.78. The van der Waals surface area contributed by atoms with Crippen LogP contribution in [0.4, 0.5) is 5.82 Å². The Kier molecular flexibility index (Phi) is 12.6. The van der Waals surface area contributed by atoms with Gasteiger partial charge in [-0.05, 0) is 59.7 Å². The summed E-state index contributed by atoms with van der Waals surface area (Å²) >= 11 is 0. The van der Waals surface area contributed by atoms with E-state index >= 15 is 0 Å². The lowest BCUT2D eigenvalue weighted by Crippen LogP contribution is -2.13. The Bertz CT molecular complexity index is 1610. The molecule has 0 radical (unpaired) electrons. The second-order valence-electron chi connectivity index (χ2n) is 10.7. The number of aliphatic carboxylic acids is 1. The van der Waals surface area contributed by atoms with Gasteiger partial charge in [0.15, 0.2) is 5.82 Å². The van der Waals surface area contributed by atoms with Gasteiger partial charge in [-0.15, -0.1) is 0 Å². The van der Waals surface area contributed by atoms with E-state index in [1.54, 1.807) is 0 Å². The standard InChI is InChI=1S/C32H40N3O9P/c1-22(25-20-28-27-8-4-24(5-9-30(36)37)19-29(27)35-32(33)31(28)34-21-25)18-23-2-6-26(7-3-23)44-15-14-42-11-10-41-12-13-43-16-17-45(38,39)40/h2-4,6-8,19-22H,5,9-18H2,1H3,(H2,33,35)(H,36,37)(H2,38,39,40). The molecule has 0 aliphatic carbocycles. The third-order valence-corrected chi connectivity index (χ3v) is 7.94. The molecular weight excluding hydrogens is 601 g/mol. The molecule has 13 heteroatoms. The van der Waals surface area contributed by atoms with Gasteiger partial charge in [-0.1, -0.05) is 31.2 Å². The Morgan fingerprint density at radius 3 is 2.20 bits per heavy atom. The maximum absolute atomic E-state index is 11.0. The second kappa shape index (κ2) is 16.6. The van der Waals surface area contributed by atoms with Crippen LogP contribution in [0.1, 0.15) is 36.0 Å². The van der Waals surface area contributed by atoms with E-state index in [0.717, 1.165) is 45.1 Å². The number of nitrogen functional groups attached to an aromatic ring is 1. The highest BCUT2D eigenvalue weighted by Crippen LogP contribution is 2.33. The molecule has 4 rings (SSSR count). The van der Waals surface area contributed by atoms with Gasteiger partial charge in [-0.2, -0.15) is 0 Å². The molecular formula is C32H40N3O9P. The van der Waals surface area contributed by atoms with Gasteiger partial charge in [-0.25, -0.2) is 4.98 Å². The van der Waals surface area contributed by atoms with Gasteiger partial charge in [-0.3, -0.25) is 14.3 Å². The predicted molar refractivity (Wildman–Crippen MR) is 171 cm³/mol. The zero-order chi connectivity index (χ0) is 32.2. The van der Waals surface area contributed by atoms with Crippen molar-refractivity contribution in [2.24, 2.45) is 0 Å². The van der Waals surface area contributed by atoms with Gasteiger partial charge >= 0.3 is 13.6 Å². The summed E-state index contributed by atoms with van der Waals surface area (Å²) in [5, 5.41) is 10.9. The highest BCUT2D eigenvalue weighted by molar-refractivity contribution is 7.51. The minimum Gasteiger partial charge on any atom is -0.491 e. The average Bonchev–Trinajstić information content (AvgIpc) is 3.00. The predicted octanol–water partition coefficient (Wildman–Crippen LogP) is 4.33. The molecule has 0 fully saturated rings. The van der Waals surface area contributed by atoms with Crippen molar-refractivity contribution in [3.8, 4) is 5.75 Å². The molecule has 2 aromatic carbocycles. The van der Waals surface area contributed by atoms with Crippen molar-refractivity contribution in [2.45, 2.75) is 32.1 Å². The van der Waals surface area contributed by atoms with Gasteiger partial charge in [0.25, 0.3) is 0 Å². The molecule has 0 saturated carbocycles. The smallest absolute Gasteiger partial charge is 0.327 e. The zero-order valence-corrected chi connectivity index (χ0v) is 26.2. The van der Waals surface area contributed by atoms with Crippen LogP contribution in [0, 0.1) is 0 Å². The summed E-state index contributed by atoms with van der Waals surface area (Å²) < 4.78 is 32.5. The molecule has 2 aromatic heterocycles. The number of carbonyl (C=O) groups is 1. The maximum atomic E-state index is 11.0. The van der Waals surface area contributed by atoms with Gasteiger partial charge in [0.05, 0.1) is 51.3 Å². The van der Waals surface area contributed by atoms with E-state index in [2.05, 4.69) is 23.0 Å². The number of carboxylic acid groups (broad SMARTS) is 1. The molecule has 1 atom stereocenters. The van der Waals surface area contributed by atoms with Crippen LogP contribution in [0.25, 0.3) is 21.8 Å². The molecule has 242 valence electrons. The summed E-state index contributed by atoms with van der Waals surface area (Å²) in [5.74, 6) is 0.456. The summed E-state index contributed by atoms with van der Waals surface area (Å²) in [6.07, 6.45) is 2.85. The van der Waals surface area contributed by atoms with Crippen LogP contribution in [0.2, 0.25) is 0 Å². The van der Waals surface area contributed by atoms with Crippen molar-refractivity contribution in [1.82, 2.24) is 9.97 Å². The SMILES string of the molecule is CC(Cc1ccc(OCCOCCOCCOCCP(=O)(O)O)cc1)c1cnc2c(N)nc3cc(CCC(=O)O)ccc3c2c1. The Morgan fingerprint density at radius 1 is 0.889 bits per heavy atom. The Labute approximate surface area is 261 Å². The number of benzene rings is 2. The summed E-state index contributed by atoms with van der Waals surface area (Å²) in [6, 6.07) is 15.9. The van der Waals surface area contributed by atoms with E-state index in [-0.39, 0.29) is 31.7 Å². The number of pyridine rings is 2. The number of hydrogen-bond acceptors (Lipinski definition) is 9. The number of fused-ring (bicyclic) bond motifs is 3. The minimum absolute atomic E-state index is 0.00341. The monoisotopic (exact) mass is 641 g/mol. The van der Waals surface area contributed by atoms with Crippen LogP contribution in [-0.4, -0.2) is 83.2 Å². The number of rotatable bonds is 19. The lowest BCUT2D eigenvalue weighted by molar-refractivity contribution is -0.136. The maximum Gasteiger partial charge on any atom is 0.327 e. The summed E-state index contributed by atoms with van der Waals surface area (Å²) in [5.41, 5.74) is 10.8. The van der Waals surface area contributed by atoms with Crippen molar-refractivity contribution >= 4 is 41.2 Å². The van der Waals surface area contributed by atoms with Crippen LogP contribution in [0.3, 0.4) is 0 Å². The molecule has 0 saturated heterocycles. The highest BCUT2D eigenvalue weighted by Gasteiger charge is 2.14. The van der Waals surface area contributed by atoms with Crippen molar-refractivity contribution < 1.29 is 43.2 Å². The average molecular weight is 642 g/mol. The van der Waals surface area contributed by atoms with E-state index < -0.39 is 13.6 Å². The van der Waals surface area contributed by atoms with Crippen LogP contribution < -0.4 is 10.5 Å². The first-order chi connectivity index (χ1) is 21.6. The number of nitrogens with zero attached hydrogens (tertiary/aromatic N) is 2. The number of aryl methyl sites for hydroxylation is 1. The normalized spacial score (nSPS) is 12.5. The Morgan fingerprint density at radius 2 is 1.53 bits per heavy atom.